The molecule has 0 bridgehead atoms. The van der Waals surface area contributed by atoms with E-state index in [1.54, 1.807) is 77.9 Å². The predicted molar refractivity (Wildman–Crippen MR) is 262 cm³/mol. The normalized spacial score (nSPS) is 17.8. The summed E-state index contributed by atoms with van der Waals surface area (Å²) in [4.78, 5) is 93.2. The Labute approximate surface area is 426 Å². The van der Waals surface area contributed by atoms with Crippen LogP contribution in [0.4, 0.5) is 29.0 Å². The molecule has 3 aromatic heterocycles. The largest absolute Gasteiger partial charge is 0.459 e. The van der Waals surface area contributed by atoms with Crippen LogP contribution in [0, 0.1) is 5.92 Å². The highest BCUT2D eigenvalue weighted by Gasteiger charge is 2.45. The van der Waals surface area contributed by atoms with E-state index in [1.807, 2.05) is 30.3 Å². The highest BCUT2D eigenvalue weighted by Crippen LogP contribution is 2.34. The standard InChI is InChI=1S/C53H60F2N8O11/c1-52(2,3)73-50(68)61-29-38(72-48(66)40-13-10-22-60(40)49(67)71-30-34-11-8-7-9-12-34)25-41(61)46(65)57-26-32-16-18-37(19-17-32)63-28-36(44(59-63)45(54)55)23-42(64)39-31-70-47(58-39)35-20-21-56-43(24-35)62(27-33-14-15-33)51(69)74-53(4,5)6/h7-9,11-12,16-21,24,28,31,33,38,40-41,45H,10,13-15,22-23,25-27,29-30H2,1-6H3,(H,57,65)/t38-,40+,41+/m1/s1. The summed E-state index contributed by atoms with van der Waals surface area (Å²) in [6.45, 7) is 11.0. The predicted octanol–water partition coefficient (Wildman–Crippen LogP) is 8.78. The van der Waals surface area contributed by atoms with Gasteiger partial charge in [-0.25, -0.2) is 42.6 Å². The molecule has 1 N–H and O–H groups in total. The quantitative estimate of drug-likeness (QED) is 0.0555. The average molecular weight is 1020 g/mol. The molecular formula is C53H60F2N8O11. The van der Waals surface area contributed by atoms with Crippen LogP contribution in [-0.4, -0.2) is 115 Å². The molecule has 19 nitrogen and oxygen atoms in total. The van der Waals surface area contributed by atoms with E-state index < -0.39 is 83.9 Å². The third kappa shape index (κ3) is 13.5. The molecule has 2 aromatic carbocycles. The minimum Gasteiger partial charge on any atom is -0.459 e. The van der Waals surface area contributed by atoms with Crippen LogP contribution < -0.4 is 10.2 Å². The van der Waals surface area contributed by atoms with Crippen molar-refractivity contribution in [2.24, 2.45) is 5.92 Å². The number of likely N-dealkylation sites (tertiary alicyclic amines) is 2. The number of hydrogen-bond donors (Lipinski definition) is 1. The van der Waals surface area contributed by atoms with E-state index in [2.05, 4.69) is 20.4 Å². The molecule has 8 rings (SSSR count). The highest BCUT2D eigenvalue weighted by molar-refractivity contribution is 5.96. The number of halogens is 2. The molecule has 3 atom stereocenters. The van der Waals surface area contributed by atoms with Crippen molar-refractivity contribution in [2.75, 3.05) is 24.5 Å². The van der Waals surface area contributed by atoms with Gasteiger partial charge in [0.15, 0.2) is 5.78 Å². The first-order valence-corrected chi connectivity index (χ1v) is 24.5. The Hall–Kier alpha value is -7.71. The Morgan fingerprint density at radius 2 is 1.59 bits per heavy atom. The van der Waals surface area contributed by atoms with Gasteiger partial charge in [-0.3, -0.25) is 24.3 Å². The van der Waals surface area contributed by atoms with Crippen molar-refractivity contribution >= 4 is 41.8 Å². The van der Waals surface area contributed by atoms with E-state index in [9.17, 15) is 37.5 Å². The molecule has 0 radical (unpaired) electrons. The Bertz CT molecular complexity index is 2840. The van der Waals surface area contributed by atoms with Crippen molar-refractivity contribution in [1.82, 2.24) is 34.9 Å². The van der Waals surface area contributed by atoms with E-state index in [1.165, 1.54) is 31.8 Å². The van der Waals surface area contributed by atoms with Crippen molar-refractivity contribution in [2.45, 2.75) is 129 Å². The number of pyridine rings is 1. The Balaban J connectivity index is 0.883. The first-order valence-electron chi connectivity index (χ1n) is 24.5. The second-order valence-electron chi connectivity index (χ2n) is 20.6. The van der Waals surface area contributed by atoms with Crippen molar-refractivity contribution in [3.8, 4) is 17.1 Å². The number of carbonyl (C=O) groups is 6. The molecule has 74 heavy (non-hydrogen) atoms. The van der Waals surface area contributed by atoms with Crippen LogP contribution in [-0.2, 0) is 48.1 Å². The third-order valence-electron chi connectivity index (χ3n) is 12.3. The topological polar surface area (TPSA) is 218 Å². The van der Waals surface area contributed by atoms with Gasteiger partial charge in [-0.05, 0) is 109 Å². The Kier molecular flexibility index (Phi) is 15.8. The zero-order valence-electron chi connectivity index (χ0n) is 42.1. The molecule has 2 aliphatic heterocycles. The molecular weight excluding hydrogens is 963 g/mol. The number of rotatable bonds is 16. The van der Waals surface area contributed by atoms with Gasteiger partial charge in [-0.2, -0.15) is 5.10 Å². The lowest BCUT2D eigenvalue weighted by Gasteiger charge is -2.28. The maximum absolute atomic E-state index is 14.4. The van der Waals surface area contributed by atoms with Gasteiger partial charge in [0.1, 0.15) is 59.5 Å². The molecule has 21 heteroatoms. The second kappa shape index (κ2) is 22.2. The first kappa shape index (κ1) is 52.6. The maximum Gasteiger partial charge on any atom is 0.416 e. The monoisotopic (exact) mass is 1020 g/mol. The fourth-order valence-electron chi connectivity index (χ4n) is 8.51. The zero-order chi connectivity index (χ0) is 52.9. The van der Waals surface area contributed by atoms with E-state index in [4.69, 9.17) is 23.4 Å². The van der Waals surface area contributed by atoms with E-state index in [0.717, 1.165) is 24.7 Å². The van der Waals surface area contributed by atoms with Gasteiger partial charge in [0.2, 0.25) is 11.8 Å². The summed E-state index contributed by atoms with van der Waals surface area (Å²) in [6, 6.07) is 16.9. The maximum atomic E-state index is 14.4. The van der Waals surface area contributed by atoms with Crippen molar-refractivity contribution in [3.63, 3.8) is 0 Å². The summed E-state index contributed by atoms with van der Waals surface area (Å²) in [5.41, 5.74) is -0.0965. The molecule has 392 valence electrons. The van der Waals surface area contributed by atoms with Crippen LogP contribution in [0.1, 0.15) is 113 Å². The van der Waals surface area contributed by atoms with Gasteiger partial charge in [0.05, 0.1) is 12.2 Å². The number of anilines is 1. The smallest absolute Gasteiger partial charge is 0.416 e. The SMILES string of the molecule is CC(C)(C)OC(=O)N(CC1CC1)c1cc(-c2nc(C(=O)Cc3cn(-c4ccc(CNC(=O)[C@@H]5C[C@@H](OC(=O)[C@@H]6CCCN6C(=O)OCc6ccccc6)CN5C(=O)OC(C)(C)C)cc4)nc3C(F)F)co2)ccn1. The van der Waals surface area contributed by atoms with Gasteiger partial charge in [0, 0.05) is 56.0 Å². The zero-order valence-corrected chi connectivity index (χ0v) is 42.1. The molecule has 4 amide bonds. The molecule has 1 aliphatic carbocycles. The number of nitrogens with zero attached hydrogens (tertiary/aromatic N) is 7. The number of alkyl halides is 2. The molecule has 0 unspecified atom stereocenters. The fraction of sp³-hybridized carbons (Fsp3) is 0.453. The van der Waals surface area contributed by atoms with Crippen LogP contribution in [0.2, 0.25) is 0 Å². The molecule has 5 aromatic rings. The number of nitrogens with one attached hydrogen (secondary N) is 1. The summed E-state index contributed by atoms with van der Waals surface area (Å²) in [7, 11) is 0. The molecule has 3 fully saturated rings. The lowest BCUT2D eigenvalue weighted by atomic mass is 10.1. The van der Waals surface area contributed by atoms with Gasteiger partial charge in [-0.1, -0.05) is 42.5 Å². The minimum atomic E-state index is -3.01. The lowest BCUT2D eigenvalue weighted by Crippen LogP contribution is -2.47. The fourth-order valence-corrected chi connectivity index (χ4v) is 8.51. The molecule has 1 saturated carbocycles. The van der Waals surface area contributed by atoms with Gasteiger partial charge in [-0.15, -0.1) is 0 Å². The summed E-state index contributed by atoms with van der Waals surface area (Å²) >= 11 is 0. The van der Waals surface area contributed by atoms with Gasteiger partial charge in [0.25, 0.3) is 6.43 Å². The van der Waals surface area contributed by atoms with Gasteiger partial charge < -0.3 is 28.7 Å². The van der Waals surface area contributed by atoms with E-state index in [0.29, 0.717) is 54.5 Å². The molecule has 5 heterocycles. The number of carbonyl (C=O) groups excluding carboxylic acids is 6. The number of hydrogen-bond acceptors (Lipinski definition) is 14. The first-order chi connectivity index (χ1) is 35.2. The molecule has 2 saturated heterocycles. The number of Topliss-reactive ketones (excluding diaryl/α,β-unsaturated/α-hetero) is 1. The van der Waals surface area contributed by atoms with E-state index in [-0.39, 0.29) is 43.3 Å². The minimum absolute atomic E-state index is 0.00839. The summed E-state index contributed by atoms with van der Waals surface area (Å²) in [6.07, 6.45) is 0.521. The Morgan fingerprint density at radius 3 is 2.28 bits per heavy atom. The number of ether oxygens (including phenoxy) is 4. The second-order valence-corrected chi connectivity index (χ2v) is 20.6. The molecule has 0 spiro atoms. The number of esters is 1. The lowest BCUT2D eigenvalue weighted by molar-refractivity contribution is -0.153. The van der Waals surface area contributed by atoms with Crippen LogP contribution in [0.25, 0.3) is 17.1 Å². The van der Waals surface area contributed by atoms with Crippen molar-refractivity contribution in [3.05, 3.63) is 113 Å². The number of benzene rings is 2. The summed E-state index contributed by atoms with van der Waals surface area (Å²) in [5, 5.41) is 6.94. The molecule has 3 aliphatic rings. The number of aromatic nitrogens is 4. The van der Waals surface area contributed by atoms with Gasteiger partial charge >= 0.3 is 24.2 Å². The summed E-state index contributed by atoms with van der Waals surface area (Å²) in [5.74, 6) is -1.09. The number of ketones is 1. The summed E-state index contributed by atoms with van der Waals surface area (Å²) < 4.78 is 58.2. The average Bonchev–Trinajstić information content (AvgIpc) is 3.78. The van der Waals surface area contributed by atoms with E-state index >= 15 is 0 Å². The van der Waals surface area contributed by atoms with Crippen molar-refractivity contribution in [1.29, 1.82) is 0 Å². The Morgan fingerprint density at radius 1 is 0.865 bits per heavy atom. The van der Waals surface area contributed by atoms with Crippen molar-refractivity contribution < 1.29 is 60.9 Å². The third-order valence-corrected chi connectivity index (χ3v) is 12.3. The van der Waals surface area contributed by atoms with Crippen LogP contribution >= 0.6 is 0 Å². The highest BCUT2D eigenvalue weighted by atomic mass is 19.3. The number of amides is 4. The van der Waals surface area contributed by atoms with Crippen LogP contribution in [0.15, 0.2) is 89.8 Å². The number of oxazole rings is 1. The van der Waals surface area contributed by atoms with Crippen LogP contribution in [0.5, 0.6) is 0 Å². The van der Waals surface area contributed by atoms with Crippen LogP contribution in [0.3, 0.4) is 0 Å².